The number of carbonyl (C=O) groups is 1. The number of fused-ring (bicyclic) bond motifs is 1. The number of thiazole rings is 1. The van der Waals surface area contributed by atoms with Crippen LogP contribution in [-0.4, -0.2) is 35.9 Å². The lowest BCUT2D eigenvalue weighted by Crippen LogP contribution is -2.51. The molecule has 1 atom stereocenters. The Morgan fingerprint density at radius 3 is 2.84 bits per heavy atom. The second kappa shape index (κ2) is 4.90. The third-order valence-electron chi connectivity index (χ3n) is 3.73. The van der Waals surface area contributed by atoms with Gasteiger partial charge in [0.15, 0.2) is 0 Å². The Labute approximate surface area is 116 Å². The molecule has 1 aromatic heterocycles. The standard InChI is InChI=1S/C14H17N3OS/c1-9(17(2)14(18)10-7-15-8-10)13-16-11-5-3-4-6-12(11)19-13/h3-6,9-10,15H,7-8H2,1-2H3. The molecule has 3 rings (SSSR count). The van der Waals surface area contributed by atoms with Crippen LogP contribution in [0.25, 0.3) is 10.2 Å². The molecular weight excluding hydrogens is 258 g/mol. The summed E-state index contributed by atoms with van der Waals surface area (Å²) in [6.07, 6.45) is 0. The van der Waals surface area contributed by atoms with Crippen molar-refractivity contribution in [1.29, 1.82) is 0 Å². The lowest BCUT2D eigenvalue weighted by Gasteiger charge is -2.32. The van der Waals surface area contributed by atoms with Crippen molar-refractivity contribution in [3.05, 3.63) is 29.3 Å². The highest BCUT2D eigenvalue weighted by atomic mass is 32.1. The van der Waals surface area contributed by atoms with E-state index in [-0.39, 0.29) is 17.9 Å². The van der Waals surface area contributed by atoms with Crippen molar-refractivity contribution in [1.82, 2.24) is 15.2 Å². The fraction of sp³-hybridized carbons (Fsp3) is 0.429. The molecule has 1 unspecified atom stereocenters. The van der Waals surface area contributed by atoms with Gasteiger partial charge in [0.25, 0.3) is 0 Å². The zero-order valence-electron chi connectivity index (χ0n) is 11.1. The number of carbonyl (C=O) groups excluding carboxylic acids is 1. The zero-order chi connectivity index (χ0) is 13.4. The lowest BCUT2D eigenvalue weighted by atomic mass is 10.0. The normalized spacial score (nSPS) is 17.2. The molecule has 4 nitrogen and oxygen atoms in total. The van der Waals surface area contributed by atoms with E-state index < -0.39 is 0 Å². The summed E-state index contributed by atoms with van der Waals surface area (Å²) in [6.45, 7) is 3.65. The molecule has 100 valence electrons. The van der Waals surface area contributed by atoms with Crippen LogP contribution in [0.3, 0.4) is 0 Å². The summed E-state index contributed by atoms with van der Waals surface area (Å²) >= 11 is 1.67. The molecular formula is C14H17N3OS. The van der Waals surface area contributed by atoms with Crippen LogP contribution in [0.5, 0.6) is 0 Å². The number of nitrogens with one attached hydrogen (secondary N) is 1. The number of nitrogens with zero attached hydrogens (tertiary/aromatic N) is 2. The number of benzene rings is 1. The van der Waals surface area contributed by atoms with Crippen molar-refractivity contribution >= 4 is 27.5 Å². The van der Waals surface area contributed by atoms with Gasteiger partial charge in [0.1, 0.15) is 5.01 Å². The molecule has 2 heterocycles. The summed E-state index contributed by atoms with van der Waals surface area (Å²) in [7, 11) is 1.87. The van der Waals surface area contributed by atoms with E-state index >= 15 is 0 Å². The predicted molar refractivity (Wildman–Crippen MR) is 77.2 cm³/mol. The van der Waals surface area contributed by atoms with Gasteiger partial charge in [-0.2, -0.15) is 0 Å². The van der Waals surface area contributed by atoms with E-state index in [4.69, 9.17) is 0 Å². The minimum atomic E-state index is 0.0329. The van der Waals surface area contributed by atoms with Gasteiger partial charge >= 0.3 is 0 Å². The number of para-hydroxylation sites is 1. The van der Waals surface area contributed by atoms with Crippen LogP contribution in [0.1, 0.15) is 18.0 Å². The van der Waals surface area contributed by atoms with E-state index in [0.29, 0.717) is 0 Å². The smallest absolute Gasteiger partial charge is 0.228 e. The van der Waals surface area contributed by atoms with Gasteiger partial charge in [0.2, 0.25) is 5.91 Å². The second-order valence-electron chi connectivity index (χ2n) is 5.00. The van der Waals surface area contributed by atoms with E-state index in [0.717, 1.165) is 23.6 Å². The summed E-state index contributed by atoms with van der Waals surface area (Å²) in [5, 5.41) is 4.14. The summed E-state index contributed by atoms with van der Waals surface area (Å²) in [6, 6.07) is 8.13. The molecule has 0 saturated carbocycles. The van der Waals surface area contributed by atoms with Gasteiger partial charge in [-0.05, 0) is 19.1 Å². The summed E-state index contributed by atoms with van der Waals surface area (Å²) in [5.41, 5.74) is 1.01. The molecule has 1 N–H and O–H groups in total. The van der Waals surface area contributed by atoms with Crippen molar-refractivity contribution in [2.45, 2.75) is 13.0 Å². The molecule has 1 fully saturated rings. The first-order valence-electron chi connectivity index (χ1n) is 6.49. The first-order valence-corrected chi connectivity index (χ1v) is 7.31. The van der Waals surface area contributed by atoms with Gasteiger partial charge in [-0.15, -0.1) is 11.3 Å². The molecule has 1 aliphatic rings. The molecule has 5 heteroatoms. The van der Waals surface area contributed by atoms with Crippen LogP contribution >= 0.6 is 11.3 Å². The minimum absolute atomic E-state index is 0.0329. The average molecular weight is 275 g/mol. The van der Waals surface area contributed by atoms with Crippen LogP contribution in [-0.2, 0) is 4.79 Å². The number of aromatic nitrogens is 1. The molecule has 19 heavy (non-hydrogen) atoms. The van der Waals surface area contributed by atoms with Crippen LogP contribution in [0.2, 0.25) is 0 Å². The van der Waals surface area contributed by atoms with E-state index in [9.17, 15) is 4.79 Å². The quantitative estimate of drug-likeness (QED) is 0.932. The summed E-state index contributed by atoms with van der Waals surface area (Å²) < 4.78 is 1.18. The molecule has 0 aliphatic carbocycles. The highest BCUT2D eigenvalue weighted by Crippen LogP contribution is 2.29. The highest BCUT2D eigenvalue weighted by Gasteiger charge is 2.30. The predicted octanol–water partition coefficient (Wildman–Crippen LogP) is 2.04. The van der Waals surface area contributed by atoms with Crippen molar-refractivity contribution in [3.8, 4) is 0 Å². The van der Waals surface area contributed by atoms with Gasteiger partial charge in [-0.25, -0.2) is 4.98 Å². The maximum Gasteiger partial charge on any atom is 0.228 e. The largest absolute Gasteiger partial charge is 0.336 e. The minimum Gasteiger partial charge on any atom is -0.336 e. The van der Waals surface area contributed by atoms with E-state index in [1.807, 2.05) is 37.1 Å². The SMILES string of the molecule is CC(c1nc2ccccc2s1)N(C)C(=O)C1CNC1. The van der Waals surface area contributed by atoms with Crippen molar-refractivity contribution < 1.29 is 4.79 Å². The number of rotatable bonds is 3. The van der Waals surface area contributed by atoms with Crippen LogP contribution < -0.4 is 5.32 Å². The highest BCUT2D eigenvalue weighted by molar-refractivity contribution is 7.18. The summed E-state index contributed by atoms with van der Waals surface area (Å²) in [4.78, 5) is 18.7. The Hall–Kier alpha value is -1.46. The number of hydrogen-bond acceptors (Lipinski definition) is 4. The van der Waals surface area contributed by atoms with Crippen LogP contribution in [0, 0.1) is 5.92 Å². The topological polar surface area (TPSA) is 45.2 Å². The fourth-order valence-corrected chi connectivity index (χ4v) is 3.24. The lowest BCUT2D eigenvalue weighted by molar-refractivity contribution is -0.137. The zero-order valence-corrected chi connectivity index (χ0v) is 11.9. The molecule has 0 bridgehead atoms. The number of hydrogen-bond donors (Lipinski definition) is 1. The molecule has 1 aliphatic heterocycles. The molecule has 1 saturated heterocycles. The van der Waals surface area contributed by atoms with Crippen molar-refractivity contribution in [2.75, 3.05) is 20.1 Å². The van der Waals surface area contributed by atoms with Gasteiger partial charge in [-0.1, -0.05) is 12.1 Å². The van der Waals surface area contributed by atoms with E-state index in [1.54, 1.807) is 11.3 Å². The van der Waals surface area contributed by atoms with E-state index in [1.165, 1.54) is 4.70 Å². The Kier molecular flexibility index (Phi) is 3.24. The first-order chi connectivity index (χ1) is 9.16. The maximum atomic E-state index is 12.2. The Bertz CT molecular complexity index is 573. The van der Waals surface area contributed by atoms with Crippen LogP contribution in [0.15, 0.2) is 24.3 Å². The molecule has 0 radical (unpaired) electrons. The molecule has 0 spiro atoms. The third kappa shape index (κ3) is 2.24. The third-order valence-corrected chi connectivity index (χ3v) is 4.93. The Morgan fingerprint density at radius 1 is 1.47 bits per heavy atom. The Morgan fingerprint density at radius 2 is 2.21 bits per heavy atom. The first kappa shape index (κ1) is 12.6. The van der Waals surface area contributed by atoms with Crippen molar-refractivity contribution in [3.63, 3.8) is 0 Å². The van der Waals surface area contributed by atoms with Gasteiger partial charge in [0.05, 0.1) is 22.2 Å². The van der Waals surface area contributed by atoms with E-state index in [2.05, 4.69) is 16.4 Å². The Balaban J connectivity index is 1.81. The summed E-state index contributed by atoms with van der Waals surface area (Å²) in [5.74, 6) is 0.354. The monoisotopic (exact) mass is 275 g/mol. The van der Waals surface area contributed by atoms with Gasteiger partial charge in [-0.3, -0.25) is 4.79 Å². The molecule has 2 aromatic rings. The number of amides is 1. The second-order valence-corrected chi connectivity index (χ2v) is 6.06. The van der Waals surface area contributed by atoms with Crippen LogP contribution in [0.4, 0.5) is 0 Å². The maximum absolute atomic E-state index is 12.2. The molecule has 1 amide bonds. The average Bonchev–Trinajstić information content (AvgIpc) is 2.78. The molecule has 1 aromatic carbocycles. The van der Waals surface area contributed by atoms with Gasteiger partial charge < -0.3 is 10.2 Å². The van der Waals surface area contributed by atoms with Crippen molar-refractivity contribution in [2.24, 2.45) is 5.92 Å². The van der Waals surface area contributed by atoms with Gasteiger partial charge in [0, 0.05) is 20.1 Å². The fourth-order valence-electron chi connectivity index (χ4n) is 2.18.